The largest absolute Gasteiger partial charge is 0.481 e. The van der Waals surface area contributed by atoms with Crippen molar-refractivity contribution in [2.45, 2.75) is 38.8 Å². The van der Waals surface area contributed by atoms with Gasteiger partial charge in [0.2, 0.25) is 0 Å². The van der Waals surface area contributed by atoms with Crippen molar-refractivity contribution in [1.82, 2.24) is 5.32 Å². The zero-order valence-corrected chi connectivity index (χ0v) is 11.8. The first-order valence-electron chi connectivity index (χ1n) is 6.67. The maximum Gasteiger partial charge on any atom is 0.304 e. The van der Waals surface area contributed by atoms with Gasteiger partial charge in [-0.15, -0.1) is 0 Å². The number of anilines is 1. The van der Waals surface area contributed by atoms with Crippen LogP contribution in [0.2, 0.25) is 0 Å². The van der Waals surface area contributed by atoms with Gasteiger partial charge in [-0.05, 0) is 32.9 Å². The highest BCUT2D eigenvalue weighted by Gasteiger charge is 2.32. The van der Waals surface area contributed by atoms with Gasteiger partial charge in [0.05, 0.1) is 6.42 Å². The molecule has 0 spiro atoms. The number of benzene rings is 1. The van der Waals surface area contributed by atoms with E-state index in [1.807, 2.05) is 0 Å². The van der Waals surface area contributed by atoms with E-state index in [1.165, 1.54) is 5.56 Å². The maximum atomic E-state index is 10.9. The highest BCUT2D eigenvalue weighted by atomic mass is 16.4. The number of carbonyl (C=O) groups is 1. The van der Waals surface area contributed by atoms with Gasteiger partial charge in [-0.3, -0.25) is 4.79 Å². The Morgan fingerprint density at radius 3 is 2.63 bits per heavy atom. The molecule has 2 rings (SSSR count). The van der Waals surface area contributed by atoms with E-state index in [2.05, 4.69) is 55.3 Å². The maximum absolute atomic E-state index is 10.9. The fourth-order valence-electron chi connectivity index (χ4n) is 2.73. The molecule has 4 heteroatoms. The summed E-state index contributed by atoms with van der Waals surface area (Å²) in [4.78, 5) is 13.2. The van der Waals surface area contributed by atoms with E-state index in [1.54, 1.807) is 0 Å². The number of rotatable bonds is 3. The van der Waals surface area contributed by atoms with Crippen LogP contribution in [0.3, 0.4) is 0 Å². The van der Waals surface area contributed by atoms with Gasteiger partial charge in [-0.1, -0.05) is 17.7 Å². The van der Waals surface area contributed by atoms with Gasteiger partial charge >= 0.3 is 5.97 Å². The summed E-state index contributed by atoms with van der Waals surface area (Å²) in [5.41, 5.74) is 2.32. The molecule has 1 aromatic rings. The molecule has 0 amide bonds. The van der Waals surface area contributed by atoms with Crippen LogP contribution < -0.4 is 10.2 Å². The van der Waals surface area contributed by atoms with E-state index in [4.69, 9.17) is 5.11 Å². The zero-order valence-electron chi connectivity index (χ0n) is 11.8. The highest BCUT2D eigenvalue weighted by Crippen LogP contribution is 2.23. The molecule has 0 bridgehead atoms. The monoisotopic (exact) mass is 262 g/mol. The molecular weight excluding hydrogens is 240 g/mol. The van der Waals surface area contributed by atoms with Gasteiger partial charge in [-0.2, -0.15) is 0 Å². The Labute approximate surface area is 114 Å². The van der Waals surface area contributed by atoms with Crippen molar-refractivity contribution in [1.29, 1.82) is 0 Å². The number of hydrogen-bond acceptors (Lipinski definition) is 3. The molecule has 1 fully saturated rings. The molecule has 1 aliphatic heterocycles. The van der Waals surface area contributed by atoms with Gasteiger partial charge in [0.15, 0.2) is 0 Å². The van der Waals surface area contributed by atoms with Crippen molar-refractivity contribution in [3.8, 4) is 0 Å². The van der Waals surface area contributed by atoms with E-state index in [0.29, 0.717) is 0 Å². The average Bonchev–Trinajstić information content (AvgIpc) is 2.26. The van der Waals surface area contributed by atoms with Gasteiger partial charge in [-0.25, -0.2) is 0 Å². The molecule has 0 saturated carbocycles. The molecule has 104 valence electrons. The molecule has 4 nitrogen and oxygen atoms in total. The second kappa shape index (κ2) is 5.21. The van der Waals surface area contributed by atoms with Crippen molar-refractivity contribution in [3.63, 3.8) is 0 Å². The molecule has 1 atom stereocenters. The SMILES string of the molecule is Cc1ccc(N2CC(CC(=O)O)NC(C)(C)C2)cc1. The molecular formula is C15H22N2O2. The highest BCUT2D eigenvalue weighted by molar-refractivity contribution is 5.68. The molecule has 0 aliphatic carbocycles. The van der Waals surface area contributed by atoms with Crippen LogP contribution in [0, 0.1) is 6.92 Å². The standard InChI is InChI=1S/C15H22N2O2/c1-11-4-6-13(7-5-11)17-9-12(8-14(18)19)16-15(2,3)10-17/h4-7,12,16H,8-10H2,1-3H3,(H,18,19). The fraction of sp³-hybridized carbons (Fsp3) is 0.533. The van der Waals surface area contributed by atoms with Crippen molar-refractivity contribution in [2.75, 3.05) is 18.0 Å². The lowest BCUT2D eigenvalue weighted by Crippen LogP contribution is -2.62. The van der Waals surface area contributed by atoms with Crippen molar-refractivity contribution >= 4 is 11.7 Å². The van der Waals surface area contributed by atoms with Crippen LogP contribution in [0.1, 0.15) is 25.8 Å². The topological polar surface area (TPSA) is 52.6 Å². The quantitative estimate of drug-likeness (QED) is 0.875. The third-order valence-electron chi connectivity index (χ3n) is 3.44. The first-order chi connectivity index (χ1) is 8.85. The number of piperazine rings is 1. The Bertz CT molecular complexity index is 454. The predicted molar refractivity (Wildman–Crippen MR) is 76.6 cm³/mol. The van der Waals surface area contributed by atoms with Gasteiger partial charge in [0.1, 0.15) is 0 Å². The second-order valence-corrected chi connectivity index (χ2v) is 6.04. The predicted octanol–water partition coefficient (Wildman–Crippen LogP) is 2.03. The molecule has 1 aromatic carbocycles. The molecule has 1 heterocycles. The van der Waals surface area contributed by atoms with Crippen LogP contribution in [0.15, 0.2) is 24.3 Å². The van der Waals surface area contributed by atoms with Crippen molar-refractivity contribution < 1.29 is 9.90 Å². The lowest BCUT2D eigenvalue weighted by atomic mass is 9.96. The van der Waals surface area contributed by atoms with Crippen molar-refractivity contribution in [2.24, 2.45) is 0 Å². The van der Waals surface area contributed by atoms with Crippen LogP contribution in [0.5, 0.6) is 0 Å². The third-order valence-corrected chi connectivity index (χ3v) is 3.44. The van der Waals surface area contributed by atoms with Crippen LogP contribution in [0.25, 0.3) is 0 Å². The molecule has 2 N–H and O–H groups in total. The summed E-state index contributed by atoms with van der Waals surface area (Å²) in [5.74, 6) is -0.751. The Hall–Kier alpha value is -1.55. The number of aryl methyl sites for hydroxylation is 1. The summed E-state index contributed by atoms with van der Waals surface area (Å²) < 4.78 is 0. The number of hydrogen-bond donors (Lipinski definition) is 2. The number of aliphatic carboxylic acids is 1. The Morgan fingerprint density at radius 1 is 1.42 bits per heavy atom. The lowest BCUT2D eigenvalue weighted by Gasteiger charge is -2.44. The van der Waals surface area contributed by atoms with Crippen LogP contribution >= 0.6 is 0 Å². The number of carboxylic acids is 1. The minimum Gasteiger partial charge on any atom is -0.481 e. The second-order valence-electron chi connectivity index (χ2n) is 6.04. The van der Waals surface area contributed by atoms with E-state index < -0.39 is 5.97 Å². The molecule has 19 heavy (non-hydrogen) atoms. The molecule has 0 radical (unpaired) electrons. The van der Waals surface area contributed by atoms with Gasteiger partial charge in [0.25, 0.3) is 0 Å². The van der Waals surface area contributed by atoms with E-state index in [0.717, 1.165) is 18.8 Å². The smallest absolute Gasteiger partial charge is 0.304 e. The normalized spacial score (nSPS) is 22.3. The van der Waals surface area contributed by atoms with Crippen molar-refractivity contribution in [3.05, 3.63) is 29.8 Å². The Balaban J connectivity index is 2.15. The summed E-state index contributed by atoms with van der Waals surface area (Å²) >= 11 is 0. The third kappa shape index (κ3) is 3.70. The summed E-state index contributed by atoms with van der Waals surface area (Å²) in [7, 11) is 0. The molecule has 1 unspecified atom stereocenters. The molecule has 0 aromatic heterocycles. The summed E-state index contributed by atoms with van der Waals surface area (Å²) in [6.45, 7) is 7.91. The first kappa shape index (κ1) is 13.9. The minimum absolute atomic E-state index is 0.0115. The molecule has 1 aliphatic rings. The summed E-state index contributed by atoms with van der Waals surface area (Å²) in [6.07, 6.45) is 0.159. The lowest BCUT2D eigenvalue weighted by molar-refractivity contribution is -0.137. The van der Waals surface area contributed by atoms with Crippen LogP contribution in [0.4, 0.5) is 5.69 Å². The Morgan fingerprint density at radius 2 is 2.05 bits per heavy atom. The first-order valence-corrected chi connectivity index (χ1v) is 6.67. The van der Waals surface area contributed by atoms with E-state index in [-0.39, 0.29) is 18.0 Å². The number of nitrogens with one attached hydrogen (secondary N) is 1. The van der Waals surface area contributed by atoms with Gasteiger partial charge in [0, 0.05) is 30.4 Å². The molecule has 1 saturated heterocycles. The Kier molecular flexibility index (Phi) is 3.80. The summed E-state index contributed by atoms with van der Waals surface area (Å²) in [6, 6.07) is 8.39. The summed E-state index contributed by atoms with van der Waals surface area (Å²) in [5, 5.41) is 12.4. The zero-order chi connectivity index (χ0) is 14.0. The van der Waals surface area contributed by atoms with E-state index in [9.17, 15) is 4.79 Å². The minimum atomic E-state index is -0.751. The van der Waals surface area contributed by atoms with Crippen LogP contribution in [-0.4, -0.2) is 35.7 Å². The van der Waals surface area contributed by atoms with Crippen LogP contribution in [-0.2, 0) is 4.79 Å². The van der Waals surface area contributed by atoms with E-state index >= 15 is 0 Å². The van der Waals surface area contributed by atoms with Gasteiger partial charge < -0.3 is 15.3 Å². The number of carboxylic acid groups (broad SMARTS) is 1. The fourth-order valence-corrected chi connectivity index (χ4v) is 2.73. The number of nitrogens with zero attached hydrogens (tertiary/aromatic N) is 1. The average molecular weight is 262 g/mol.